The van der Waals surface area contributed by atoms with Crippen LogP contribution in [-0.4, -0.2) is 42.1 Å². The number of hydrogen-bond acceptors (Lipinski definition) is 4. The first-order valence-corrected chi connectivity index (χ1v) is 6.82. The molecule has 1 rings (SSSR count). The summed E-state index contributed by atoms with van der Waals surface area (Å²) >= 11 is 5.54. The van der Waals surface area contributed by atoms with Crippen LogP contribution in [0.25, 0.3) is 0 Å². The first-order chi connectivity index (χ1) is 9.49. The number of amides is 1. The Bertz CT molecular complexity index is 461. The third-order valence-electron chi connectivity index (χ3n) is 2.64. The smallest absolute Gasteiger partial charge is 0.338 e. The molecule has 20 heavy (non-hydrogen) atoms. The van der Waals surface area contributed by atoms with Gasteiger partial charge in [-0.2, -0.15) is 0 Å². The number of ether oxygens (including phenoxy) is 1. The second kappa shape index (κ2) is 7.87. The van der Waals surface area contributed by atoms with E-state index in [0.29, 0.717) is 17.9 Å². The van der Waals surface area contributed by atoms with E-state index in [4.69, 9.17) is 16.3 Å². The van der Waals surface area contributed by atoms with Crippen LogP contribution in [0, 0.1) is 0 Å². The molecule has 1 amide bonds. The number of rotatable bonds is 6. The van der Waals surface area contributed by atoms with E-state index >= 15 is 0 Å². The molecule has 0 aliphatic carbocycles. The van der Waals surface area contributed by atoms with E-state index in [0.717, 1.165) is 0 Å². The predicted molar refractivity (Wildman–Crippen MR) is 77.2 cm³/mol. The average molecular weight is 300 g/mol. The van der Waals surface area contributed by atoms with Crippen molar-refractivity contribution < 1.29 is 19.4 Å². The fraction of sp³-hybridized carbons (Fsp3) is 0.429. The number of aliphatic hydroxyl groups excluding tert-OH is 1. The molecule has 0 aliphatic rings. The van der Waals surface area contributed by atoms with Gasteiger partial charge in [-0.05, 0) is 31.2 Å². The number of anilines is 1. The summed E-state index contributed by atoms with van der Waals surface area (Å²) in [6, 6.07) is 6.43. The van der Waals surface area contributed by atoms with Crippen molar-refractivity contribution in [1.29, 1.82) is 0 Å². The van der Waals surface area contributed by atoms with Crippen LogP contribution in [-0.2, 0) is 9.53 Å². The van der Waals surface area contributed by atoms with E-state index < -0.39 is 12.1 Å². The molecule has 0 spiro atoms. The quantitative estimate of drug-likeness (QED) is 0.643. The van der Waals surface area contributed by atoms with Crippen LogP contribution in [0.15, 0.2) is 24.3 Å². The maximum Gasteiger partial charge on any atom is 0.338 e. The van der Waals surface area contributed by atoms with Crippen LogP contribution in [0.2, 0.25) is 0 Å². The van der Waals surface area contributed by atoms with Crippen molar-refractivity contribution in [2.45, 2.75) is 20.0 Å². The van der Waals surface area contributed by atoms with E-state index in [-0.39, 0.29) is 18.3 Å². The number of alkyl halides is 1. The summed E-state index contributed by atoms with van der Waals surface area (Å²) in [5, 5.41) is 9.55. The number of esters is 1. The normalized spacial score (nSPS) is 11.8. The van der Waals surface area contributed by atoms with Gasteiger partial charge in [0.2, 0.25) is 5.91 Å². The zero-order valence-corrected chi connectivity index (χ0v) is 12.3. The highest BCUT2D eigenvalue weighted by Gasteiger charge is 2.16. The molecule has 0 heterocycles. The minimum atomic E-state index is -0.801. The molecule has 6 heteroatoms. The predicted octanol–water partition coefficient (Wildman–Crippen LogP) is 1.82. The summed E-state index contributed by atoms with van der Waals surface area (Å²) in [7, 11) is 0. The maximum atomic E-state index is 11.6. The van der Waals surface area contributed by atoms with E-state index in [9.17, 15) is 14.7 Å². The summed E-state index contributed by atoms with van der Waals surface area (Å²) in [5.41, 5.74) is 1.01. The van der Waals surface area contributed by atoms with Gasteiger partial charge in [-0.25, -0.2) is 4.79 Å². The van der Waals surface area contributed by atoms with Crippen molar-refractivity contribution in [2.24, 2.45) is 0 Å². The lowest BCUT2D eigenvalue weighted by Gasteiger charge is -2.23. The van der Waals surface area contributed by atoms with Gasteiger partial charge >= 0.3 is 5.97 Å². The Labute approximate surface area is 123 Å². The SMILES string of the molecule is CCOC(=O)c1ccc(N(CC(O)CCl)C(C)=O)cc1. The van der Waals surface area contributed by atoms with Crippen LogP contribution in [0.4, 0.5) is 5.69 Å². The molecule has 0 fully saturated rings. The molecule has 1 aromatic carbocycles. The van der Waals surface area contributed by atoms with Gasteiger partial charge in [0, 0.05) is 12.6 Å². The zero-order chi connectivity index (χ0) is 15.1. The number of benzene rings is 1. The van der Waals surface area contributed by atoms with Crippen molar-refractivity contribution in [3.8, 4) is 0 Å². The Kier molecular flexibility index (Phi) is 6.48. The second-order valence-electron chi connectivity index (χ2n) is 4.21. The topological polar surface area (TPSA) is 66.8 Å². The monoisotopic (exact) mass is 299 g/mol. The van der Waals surface area contributed by atoms with Gasteiger partial charge < -0.3 is 14.7 Å². The van der Waals surface area contributed by atoms with Gasteiger partial charge in [-0.3, -0.25) is 4.79 Å². The lowest BCUT2D eigenvalue weighted by molar-refractivity contribution is -0.116. The third-order valence-corrected chi connectivity index (χ3v) is 3.00. The largest absolute Gasteiger partial charge is 0.462 e. The standard InChI is InChI=1S/C14H18ClNO4/c1-3-20-14(19)11-4-6-12(7-5-11)16(10(2)17)9-13(18)8-15/h4-7,13,18H,3,8-9H2,1-2H3. The van der Waals surface area contributed by atoms with Gasteiger partial charge in [0.25, 0.3) is 0 Å². The van der Waals surface area contributed by atoms with E-state index in [2.05, 4.69) is 0 Å². The molecule has 0 aliphatic heterocycles. The molecule has 0 saturated heterocycles. The first kappa shape index (κ1) is 16.5. The van der Waals surface area contributed by atoms with Crippen LogP contribution in [0.5, 0.6) is 0 Å². The Balaban J connectivity index is 2.88. The molecule has 5 nitrogen and oxygen atoms in total. The molecule has 0 radical (unpaired) electrons. The van der Waals surface area contributed by atoms with Crippen molar-refractivity contribution in [3.63, 3.8) is 0 Å². The molecular weight excluding hydrogens is 282 g/mol. The Morgan fingerprint density at radius 2 is 1.95 bits per heavy atom. The highest BCUT2D eigenvalue weighted by atomic mass is 35.5. The van der Waals surface area contributed by atoms with Gasteiger partial charge in [0.05, 0.1) is 30.7 Å². The molecule has 1 atom stereocenters. The number of carbonyl (C=O) groups excluding carboxylic acids is 2. The number of carbonyl (C=O) groups is 2. The minimum Gasteiger partial charge on any atom is -0.462 e. The van der Waals surface area contributed by atoms with E-state index in [1.807, 2.05) is 0 Å². The lowest BCUT2D eigenvalue weighted by atomic mass is 10.2. The van der Waals surface area contributed by atoms with Gasteiger partial charge in [-0.15, -0.1) is 11.6 Å². The van der Waals surface area contributed by atoms with E-state index in [1.165, 1.54) is 11.8 Å². The molecule has 1 aromatic rings. The minimum absolute atomic E-state index is 0.0463. The van der Waals surface area contributed by atoms with Crippen molar-refractivity contribution in [2.75, 3.05) is 23.9 Å². The van der Waals surface area contributed by atoms with Crippen molar-refractivity contribution in [3.05, 3.63) is 29.8 Å². The highest BCUT2D eigenvalue weighted by Crippen LogP contribution is 2.17. The van der Waals surface area contributed by atoms with Gasteiger partial charge in [0.1, 0.15) is 0 Å². The number of aliphatic hydroxyl groups is 1. The van der Waals surface area contributed by atoms with E-state index in [1.54, 1.807) is 31.2 Å². The summed E-state index contributed by atoms with van der Waals surface area (Å²) in [4.78, 5) is 24.5. The average Bonchev–Trinajstić information content (AvgIpc) is 2.44. The van der Waals surface area contributed by atoms with Crippen LogP contribution in [0.1, 0.15) is 24.2 Å². The maximum absolute atomic E-state index is 11.6. The fourth-order valence-electron chi connectivity index (χ4n) is 1.67. The summed E-state index contributed by atoms with van der Waals surface area (Å²) in [5.74, 6) is -0.572. The number of halogens is 1. The molecule has 1 unspecified atom stereocenters. The fourth-order valence-corrected chi connectivity index (χ4v) is 1.76. The molecule has 110 valence electrons. The molecule has 0 saturated carbocycles. The zero-order valence-electron chi connectivity index (χ0n) is 11.5. The summed E-state index contributed by atoms with van der Waals surface area (Å²) < 4.78 is 4.88. The van der Waals surface area contributed by atoms with Crippen molar-refractivity contribution in [1.82, 2.24) is 0 Å². The summed E-state index contributed by atoms with van der Waals surface area (Å²) in [6.07, 6.45) is -0.801. The van der Waals surface area contributed by atoms with Crippen LogP contribution < -0.4 is 4.90 Å². The number of nitrogens with zero attached hydrogens (tertiary/aromatic N) is 1. The Hall–Kier alpha value is -1.59. The second-order valence-corrected chi connectivity index (χ2v) is 4.51. The molecular formula is C14H18ClNO4. The Morgan fingerprint density at radius 1 is 1.35 bits per heavy atom. The lowest BCUT2D eigenvalue weighted by Crippen LogP contribution is -2.36. The molecule has 1 N–H and O–H groups in total. The van der Waals surface area contributed by atoms with Gasteiger partial charge in [-0.1, -0.05) is 0 Å². The van der Waals surface area contributed by atoms with Crippen LogP contribution >= 0.6 is 11.6 Å². The van der Waals surface area contributed by atoms with Crippen molar-refractivity contribution >= 4 is 29.2 Å². The molecule has 0 aromatic heterocycles. The van der Waals surface area contributed by atoms with Crippen LogP contribution in [0.3, 0.4) is 0 Å². The summed E-state index contributed by atoms with van der Waals surface area (Å²) in [6.45, 7) is 3.55. The highest BCUT2D eigenvalue weighted by molar-refractivity contribution is 6.18. The molecule has 0 bridgehead atoms. The third kappa shape index (κ3) is 4.51. The first-order valence-electron chi connectivity index (χ1n) is 6.28. The number of hydrogen-bond donors (Lipinski definition) is 1. The Morgan fingerprint density at radius 3 is 2.40 bits per heavy atom. The van der Waals surface area contributed by atoms with Gasteiger partial charge in [0.15, 0.2) is 0 Å².